The maximum Gasteiger partial charge on any atom is 0.246 e. The fourth-order valence-corrected chi connectivity index (χ4v) is 5.55. The minimum Gasteiger partial charge on any atom is -0.495 e. The lowest BCUT2D eigenvalue weighted by molar-refractivity contribution is -0.121. The van der Waals surface area contributed by atoms with Crippen LogP contribution in [0.25, 0.3) is 0 Å². The van der Waals surface area contributed by atoms with Crippen LogP contribution in [0.5, 0.6) is 5.75 Å². The van der Waals surface area contributed by atoms with Gasteiger partial charge in [0.1, 0.15) is 10.6 Å². The first kappa shape index (κ1) is 25.2. The van der Waals surface area contributed by atoms with Crippen LogP contribution in [0, 0.1) is 5.92 Å². The van der Waals surface area contributed by atoms with E-state index in [9.17, 15) is 13.2 Å². The molecular weight excluding hydrogens is 440 g/mol. The van der Waals surface area contributed by atoms with Gasteiger partial charge in [-0.1, -0.05) is 44.2 Å². The van der Waals surface area contributed by atoms with Crippen molar-refractivity contribution in [1.82, 2.24) is 9.62 Å². The number of morpholine rings is 1. The largest absolute Gasteiger partial charge is 0.495 e. The zero-order chi connectivity index (χ0) is 24.0. The first-order valence-corrected chi connectivity index (χ1v) is 12.8. The van der Waals surface area contributed by atoms with Gasteiger partial charge in [-0.25, -0.2) is 8.42 Å². The van der Waals surface area contributed by atoms with E-state index in [-0.39, 0.29) is 29.0 Å². The normalized spacial score (nSPS) is 15.9. The molecule has 1 aliphatic rings. The number of nitrogens with one attached hydrogen (secondary N) is 1. The molecule has 0 spiro atoms. The van der Waals surface area contributed by atoms with Crippen molar-refractivity contribution < 1.29 is 22.7 Å². The van der Waals surface area contributed by atoms with Gasteiger partial charge in [-0.05, 0) is 48.1 Å². The number of rotatable bonds is 9. The molecule has 1 amide bonds. The van der Waals surface area contributed by atoms with E-state index >= 15 is 0 Å². The summed E-state index contributed by atoms with van der Waals surface area (Å²) in [7, 11) is -2.31. The summed E-state index contributed by atoms with van der Waals surface area (Å²) in [6.45, 7) is 7.63. The number of ether oxygens (including phenoxy) is 2. The molecule has 0 radical (unpaired) electrons. The van der Waals surface area contributed by atoms with Crippen molar-refractivity contribution >= 4 is 15.9 Å². The second-order valence-corrected chi connectivity index (χ2v) is 10.7. The highest BCUT2D eigenvalue weighted by Gasteiger charge is 2.29. The van der Waals surface area contributed by atoms with Gasteiger partial charge in [0.2, 0.25) is 15.9 Å². The maximum absolute atomic E-state index is 13.2. The van der Waals surface area contributed by atoms with E-state index in [4.69, 9.17) is 9.47 Å². The fourth-order valence-electron chi connectivity index (χ4n) is 3.93. The van der Waals surface area contributed by atoms with Crippen LogP contribution in [0.3, 0.4) is 0 Å². The molecule has 0 aliphatic carbocycles. The molecular formula is C25H34N2O5S. The van der Waals surface area contributed by atoms with Crippen LogP contribution in [-0.4, -0.2) is 52.0 Å². The average Bonchev–Trinajstić information content (AvgIpc) is 2.79. The average molecular weight is 475 g/mol. The molecule has 1 fully saturated rings. The van der Waals surface area contributed by atoms with Gasteiger partial charge in [0, 0.05) is 13.1 Å². The Bertz CT molecular complexity index is 1040. The highest BCUT2D eigenvalue weighted by Crippen LogP contribution is 2.28. The van der Waals surface area contributed by atoms with Crippen LogP contribution >= 0.6 is 0 Å². The molecule has 0 bridgehead atoms. The Labute approximate surface area is 197 Å². The molecule has 1 atom stereocenters. The monoisotopic (exact) mass is 474 g/mol. The summed E-state index contributed by atoms with van der Waals surface area (Å²) in [6, 6.07) is 13.0. The Morgan fingerprint density at radius 3 is 2.30 bits per heavy atom. The number of methoxy groups -OCH3 is 1. The summed E-state index contributed by atoms with van der Waals surface area (Å²) in [6.07, 6.45) is 1.10. The zero-order valence-electron chi connectivity index (χ0n) is 19.8. The lowest BCUT2D eigenvalue weighted by Crippen LogP contribution is -2.40. The van der Waals surface area contributed by atoms with Crippen molar-refractivity contribution in [2.24, 2.45) is 5.92 Å². The first-order valence-electron chi connectivity index (χ1n) is 11.3. The van der Waals surface area contributed by atoms with E-state index < -0.39 is 10.0 Å². The van der Waals surface area contributed by atoms with Gasteiger partial charge in [0.05, 0.1) is 32.8 Å². The lowest BCUT2D eigenvalue weighted by atomic mass is 10.00. The van der Waals surface area contributed by atoms with E-state index in [0.717, 1.165) is 12.0 Å². The summed E-state index contributed by atoms with van der Waals surface area (Å²) in [5.41, 5.74) is 2.92. The minimum absolute atomic E-state index is 0.0748. The molecule has 0 saturated carbocycles. The summed E-state index contributed by atoms with van der Waals surface area (Å²) in [4.78, 5) is 12.8. The van der Waals surface area contributed by atoms with E-state index in [1.807, 2.05) is 19.1 Å². The Kier molecular flexibility index (Phi) is 8.51. The van der Waals surface area contributed by atoms with E-state index in [1.54, 1.807) is 12.1 Å². The number of sulfonamides is 1. The van der Waals surface area contributed by atoms with Crippen molar-refractivity contribution in [2.75, 3.05) is 33.4 Å². The molecule has 180 valence electrons. The van der Waals surface area contributed by atoms with Gasteiger partial charge in [-0.3, -0.25) is 4.79 Å². The topological polar surface area (TPSA) is 84.9 Å². The molecule has 2 aromatic rings. The van der Waals surface area contributed by atoms with Crippen LogP contribution in [-0.2, 0) is 32.4 Å². The third-order valence-electron chi connectivity index (χ3n) is 5.68. The van der Waals surface area contributed by atoms with Gasteiger partial charge in [0.15, 0.2) is 0 Å². The Morgan fingerprint density at radius 1 is 1.06 bits per heavy atom. The van der Waals surface area contributed by atoms with Crippen molar-refractivity contribution in [2.45, 2.75) is 44.6 Å². The molecule has 1 aliphatic heterocycles. The fraction of sp³-hybridized carbons (Fsp3) is 0.480. The molecule has 1 N–H and O–H groups in total. The van der Waals surface area contributed by atoms with E-state index in [2.05, 4.69) is 31.3 Å². The lowest BCUT2D eigenvalue weighted by Gasteiger charge is -2.26. The number of benzene rings is 2. The molecule has 1 saturated heterocycles. The number of amides is 1. The van der Waals surface area contributed by atoms with Crippen LogP contribution in [0.1, 0.15) is 43.5 Å². The Balaban J connectivity index is 1.70. The smallest absolute Gasteiger partial charge is 0.246 e. The molecule has 3 rings (SSSR count). The van der Waals surface area contributed by atoms with E-state index in [1.165, 1.54) is 23.0 Å². The predicted molar refractivity (Wildman–Crippen MR) is 128 cm³/mol. The van der Waals surface area contributed by atoms with Crippen LogP contribution in [0.4, 0.5) is 0 Å². The van der Waals surface area contributed by atoms with Crippen LogP contribution in [0.15, 0.2) is 47.4 Å². The number of hydrogen-bond donors (Lipinski definition) is 1. The van der Waals surface area contributed by atoms with Crippen LogP contribution in [0.2, 0.25) is 0 Å². The highest BCUT2D eigenvalue weighted by molar-refractivity contribution is 7.89. The summed E-state index contributed by atoms with van der Waals surface area (Å²) >= 11 is 0. The third-order valence-corrected chi connectivity index (χ3v) is 7.60. The summed E-state index contributed by atoms with van der Waals surface area (Å²) < 4.78 is 38.3. The molecule has 2 aromatic carbocycles. The van der Waals surface area contributed by atoms with Gasteiger partial charge < -0.3 is 14.8 Å². The number of nitrogens with zero attached hydrogens (tertiary/aromatic N) is 1. The summed E-state index contributed by atoms with van der Waals surface area (Å²) in [5.74, 6) is 0.684. The predicted octanol–water partition coefficient (Wildman–Crippen LogP) is 3.33. The highest BCUT2D eigenvalue weighted by atomic mass is 32.2. The molecule has 1 unspecified atom stereocenters. The van der Waals surface area contributed by atoms with Gasteiger partial charge in [-0.15, -0.1) is 0 Å². The second-order valence-electron chi connectivity index (χ2n) is 8.81. The molecule has 33 heavy (non-hydrogen) atoms. The van der Waals surface area contributed by atoms with Gasteiger partial charge >= 0.3 is 0 Å². The number of carbonyl (C=O) groups excluding carboxylic acids is 1. The first-order chi connectivity index (χ1) is 15.7. The van der Waals surface area contributed by atoms with Crippen molar-refractivity contribution in [3.05, 3.63) is 59.2 Å². The number of hydrogen-bond acceptors (Lipinski definition) is 5. The zero-order valence-corrected chi connectivity index (χ0v) is 20.7. The van der Waals surface area contributed by atoms with Gasteiger partial charge in [-0.2, -0.15) is 4.31 Å². The van der Waals surface area contributed by atoms with Crippen molar-refractivity contribution in [3.63, 3.8) is 0 Å². The van der Waals surface area contributed by atoms with Crippen molar-refractivity contribution in [1.29, 1.82) is 0 Å². The van der Waals surface area contributed by atoms with Crippen molar-refractivity contribution in [3.8, 4) is 5.75 Å². The summed E-state index contributed by atoms with van der Waals surface area (Å²) in [5, 5.41) is 3.01. The maximum atomic E-state index is 13.2. The quantitative estimate of drug-likeness (QED) is 0.603. The molecule has 8 heteroatoms. The standard InChI is InChI=1S/C25H34N2O5S/c1-18(2)15-20-5-8-22(9-6-20)19(3)26-25(28)17-21-7-10-23(31-4)24(16-21)33(29,30)27-11-13-32-14-12-27/h5-10,16,18-19H,11-15,17H2,1-4H3,(H,26,28). The molecule has 0 aromatic heterocycles. The SMILES string of the molecule is COc1ccc(CC(=O)NC(C)c2ccc(CC(C)C)cc2)cc1S(=O)(=O)N1CCOCC1. The van der Waals surface area contributed by atoms with E-state index in [0.29, 0.717) is 37.8 Å². The Morgan fingerprint density at radius 2 is 1.70 bits per heavy atom. The molecule has 7 nitrogen and oxygen atoms in total. The minimum atomic E-state index is -3.75. The third kappa shape index (κ3) is 6.56. The van der Waals surface area contributed by atoms with Crippen LogP contribution < -0.4 is 10.1 Å². The van der Waals surface area contributed by atoms with Gasteiger partial charge in [0.25, 0.3) is 0 Å². The molecule has 1 heterocycles. The second kappa shape index (κ2) is 11.1. The number of carbonyl (C=O) groups is 1. The Hall–Kier alpha value is -2.42.